The molecule has 168 valence electrons. The highest BCUT2D eigenvalue weighted by Crippen LogP contribution is 2.54. The van der Waals surface area contributed by atoms with Crippen molar-refractivity contribution in [2.75, 3.05) is 0 Å². The number of fused-ring (bicyclic) bond motifs is 6. The molecule has 1 aliphatic rings. The number of pyridine rings is 1. The zero-order valence-electron chi connectivity index (χ0n) is 21.0. The fraction of sp³-hybridized carbons (Fsp3) is 0.242. The number of para-hydroxylation sites is 1. The van der Waals surface area contributed by atoms with Gasteiger partial charge in [0.1, 0.15) is 7.05 Å². The van der Waals surface area contributed by atoms with Crippen LogP contribution in [0.3, 0.4) is 0 Å². The highest BCUT2D eigenvalue weighted by atomic mass is 14.9. The van der Waals surface area contributed by atoms with Crippen LogP contribution < -0.4 is 4.57 Å². The topological polar surface area (TPSA) is 3.88 Å². The lowest BCUT2D eigenvalue weighted by atomic mass is 9.78. The van der Waals surface area contributed by atoms with Crippen molar-refractivity contribution < 1.29 is 4.57 Å². The third-order valence-electron chi connectivity index (χ3n) is 8.07. The number of hydrogen-bond acceptors (Lipinski definition) is 0. The van der Waals surface area contributed by atoms with Gasteiger partial charge in [0.15, 0.2) is 0 Å². The van der Waals surface area contributed by atoms with Crippen molar-refractivity contribution in [1.82, 2.24) is 0 Å². The first-order valence-corrected chi connectivity index (χ1v) is 12.4. The van der Waals surface area contributed by atoms with E-state index in [-0.39, 0.29) is 5.41 Å². The molecular weight excluding hydrogens is 410 g/mol. The fourth-order valence-electron chi connectivity index (χ4n) is 6.38. The van der Waals surface area contributed by atoms with Crippen molar-refractivity contribution in [2.45, 2.75) is 46.0 Å². The second kappa shape index (κ2) is 7.27. The second-order valence-corrected chi connectivity index (χ2v) is 10.7. The summed E-state index contributed by atoms with van der Waals surface area (Å²) >= 11 is 0. The first-order valence-electron chi connectivity index (χ1n) is 12.4. The third-order valence-corrected chi connectivity index (χ3v) is 8.07. The molecule has 0 spiro atoms. The monoisotopic (exact) mass is 442 g/mol. The summed E-state index contributed by atoms with van der Waals surface area (Å²) in [6, 6.07) is 29.3. The van der Waals surface area contributed by atoms with E-state index in [9.17, 15) is 0 Å². The van der Waals surface area contributed by atoms with E-state index >= 15 is 0 Å². The van der Waals surface area contributed by atoms with E-state index in [1.165, 1.54) is 66.3 Å². The average Bonchev–Trinajstić information content (AvgIpc) is 3.08. The Morgan fingerprint density at radius 2 is 1.35 bits per heavy atom. The first kappa shape index (κ1) is 21.1. The molecule has 0 unspecified atom stereocenters. The molecule has 34 heavy (non-hydrogen) atoms. The van der Waals surface area contributed by atoms with Crippen LogP contribution in [0.4, 0.5) is 0 Å². The molecule has 0 saturated heterocycles. The van der Waals surface area contributed by atoms with Crippen LogP contribution in [0.2, 0.25) is 0 Å². The summed E-state index contributed by atoms with van der Waals surface area (Å²) in [5.41, 5.74) is 12.3. The Balaban J connectivity index is 1.84. The highest BCUT2D eigenvalue weighted by Gasteiger charge is 2.43. The first-order chi connectivity index (χ1) is 16.3. The molecule has 0 aliphatic heterocycles. The Hall–Kier alpha value is -3.45. The van der Waals surface area contributed by atoms with Crippen LogP contribution in [0, 0.1) is 6.92 Å². The van der Waals surface area contributed by atoms with Gasteiger partial charge in [-0.05, 0) is 58.0 Å². The third kappa shape index (κ3) is 2.70. The van der Waals surface area contributed by atoms with Crippen LogP contribution in [-0.2, 0) is 12.5 Å². The zero-order valence-corrected chi connectivity index (χ0v) is 21.0. The van der Waals surface area contributed by atoms with Crippen LogP contribution in [0.5, 0.6) is 0 Å². The SMILES string of the molecule is Cc1c(-c2c3c(c4ccccc4[n+]2C)-c2ccccc2C3(C)C)cc(C(C)C)c2ccccc12. The average molecular weight is 443 g/mol. The standard InChI is InChI=1S/C33H32N/c1-20(2)26-19-27(21(3)22-13-7-8-14-23(22)26)32-31-30(25-16-10-12-18-29(25)34(32)6)24-15-9-11-17-28(24)33(31,4)5/h7-20H,1-6H3/q+1. The maximum absolute atomic E-state index is 2.48. The molecular formula is C33H32N+. The Labute approximate surface area is 202 Å². The van der Waals surface area contributed by atoms with E-state index in [2.05, 4.69) is 125 Å². The lowest BCUT2D eigenvalue weighted by Gasteiger charge is -2.24. The maximum atomic E-state index is 2.48. The summed E-state index contributed by atoms with van der Waals surface area (Å²) in [4.78, 5) is 0. The van der Waals surface area contributed by atoms with E-state index in [4.69, 9.17) is 0 Å². The van der Waals surface area contributed by atoms with Crippen molar-refractivity contribution in [3.63, 3.8) is 0 Å². The molecule has 1 aliphatic carbocycles. The number of aryl methyl sites for hydroxylation is 2. The molecule has 1 nitrogen and oxygen atoms in total. The molecule has 0 atom stereocenters. The van der Waals surface area contributed by atoms with Crippen LogP contribution in [0.25, 0.3) is 44.1 Å². The maximum Gasteiger partial charge on any atom is 0.217 e. The Morgan fingerprint density at radius 3 is 2.09 bits per heavy atom. The molecule has 0 N–H and O–H groups in total. The van der Waals surface area contributed by atoms with Crippen LogP contribution in [0.15, 0.2) is 78.9 Å². The number of benzene rings is 4. The van der Waals surface area contributed by atoms with Crippen molar-refractivity contribution in [3.8, 4) is 22.4 Å². The molecule has 0 bridgehead atoms. The van der Waals surface area contributed by atoms with Gasteiger partial charge in [-0.3, -0.25) is 0 Å². The normalized spacial score (nSPS) is 14.1. The van der Waals surface area contributed by atoms with Gasteiger partial charge in [0.25, 0.3) is 0 Å². The van der Waals surface area contributed by atoms with Gasteiger partial charge in [-0.2, -0.15) is 4.57 Å². The summed E-state index contributed by atoms with van der Waals surface area (Å²) in [6.07, 6.45) is 0. The zero-order chi connectivity index (χ0) is 23.8. The van der Waals surface area contributed by atoms with Crippen LogP contribution in [0.1, 0.15) is 55.9 Å². The van der Waals surface area contributed by atoms with Gasteiger partial charge in [0.2, 0.25) is 11.2 Å². The largest absolute Gasteiger partial charge is 0.217 e. The molecule has 1 aromatic heterocycles. The predicted molar refractivity (Wildman–Crippen MR) is 144 cm³/mol. The van der Waals surface area contributed by atoms with Gasteiger partial charge < -0.3 is 0 Å². The van der Waals surface area contributed by atoms with E-state index in [0.717, 1.165) is 0 Å². The van der Waals surface area contributed by atoms with E-state index in [1.54, 1.807) is 0 Å². The van der Waals surface area contributed by atoms with Gasteiger partial charge in [-0.15, -0.1) is 0 Å². The minimum absolute atomic E-state index is 0.0842. The molecule has 4 aromatic carbocycles. The van der Waals surface area contributed by atoms with Crippen molar-refractivity contribution >= 4 is 21.7 Å². The highest BCUT2D eigenvalue weighted by molar-refractivity contribution is 6.03. The Morgan fingerprint density at radius 1 is 0.735 bits per heavy atom. The minimum Gasteiger partial charge on any atom is -0.194 e. The van der Waals surface area contributed by atoms with Gasteiger partial charge in [-0.25, -0.2) is 0 Å². The summed E-state index contributed by atoms with van der Waals surface area (Å²) in [5, 5.41) is 4.07. The second-order valence-electron chi connectivity index (χ2n) is 10.7. The number of rotatable bonds is 2. The molecule has 0 amide bonds. The lowest BCUT2D eigenvalue weighted by Crippen LogP contribution is -2.36. The van der Waals surface area contributed by atoms with Crippen molar-refractivity contribution in [2.24, 2.45) is 7.05 Å². The van der Waals surface area contributed by atoms with Crippen molar-refractivity contribution in [3.05, 3.63) is 101 Å². The van der Waals surface area contributed by atoms with E-state index < -0.39 is 0 Å². The van der Waals surface area contributed by atoms with Gasteiger partial charge in [-0.1, -0.05) is 88.4 Å². The minimum atomic E-state index is -0.0842. The molecule has 0 saturated carbocycles. The molecule has 0 radical (unpaired) electrons. The molecule has 6 rings (SSSR count). The smallest absolute Gasteiger partial charge is 0.194 e. The van der Waals surface area contributed by atoms with E-state index in [0.29, 0.717) is 5.92 Å². The predicted octanol–water partition coefficient (Wildman–Crippen LogP) is 8.22. The van der Waals surface area contributed by atoms with Crippen LogP contribution >= 0.6 is 0 Å². The number of aromatic nitrogens is 1. The molecule has 5 aromatic rings. The number of nitrogens with zero attached hydrogens (tertiary/aromatic N) is 1. The van der Waals surface area contributed by atoms with E-state index in [1.807, 2.05) is 0 Å². The quantitative estimate of drug-likeness (QED) is 0.242. The van der Waals surface area contributed by atoms with Gasteiger partial charge >= 0.3 is 0 Å². The summed E-state index contributed by atoms with van der Waals surface area (Å²) in [5.74, 6) is 0.452. The number of hydrogen-bond donors (Lipinski definition) is 0. The van der Waals surface area contributed by atoms with Gasteiger partial charge in [0.05, 0.1) is 10.9 Å². The molecule has 1 heteroatoms. The Kier molecular flexibility index (Phi) is 4.51. The van der Waals surface area contributed by atoms with Crippen molar-refractivity contribution in [1.29, 1.82) is 0 Å². The summed E-state index contributed by atoms with van der Waals surface area (Å²) < 4.78 is 2.45. The van der Waals surface area contributed by atoms with Crippen LogP contribution in [-0.4, -0.2) is 0 Å². The van der Waals surface area contributed by atoms with Gasteiger partial charge in [0, 0.05) is 22.6 Å². The molecule has 1 heterocycles. The Bertz CT molecular complexity index is 1620. The fourth-order valence-corrected chi connectivity index (χ4v) is 6.38. The summed E-state index contributed by atoms with van der Waals surface area (Å²) in [7, 11) is 2.25. The lowest BCUT2D eigenvalue weighted by molar-refractivity contribution is -0.634. The molecule has 0 fully saturated rings. The summed E-state index contributed by atoms with van der Waals surface area (Å²) in [6.45, 7) is 11.7.